The molecule has 1 rings (SSSR count). The first-order valence-electron chi connectivity index (χ1n) is 6.29. The lowest BCUT2D eigenvalue weighted by molar-refractivity contribution is 0.253. The third kappa shape index (κ3) is 6.79. The summed E-state index contributed by atoms with van der Waals surface area (Å²) in [6.45, 7) is 6.30. The molecule has 1 unspecified atom stereocenters. The Kier molecular flexibility index (Phi) is 7.31. The van der Waals surface area contributed by atoms with Crippen LogP contribution in [0.1, 0.15) is 6.92 Å². The average Bonchev–Trinajstić information content (AvgIpc) is 2.37. The Balaban J connectivity index is 2.20. The van der Waals surface area contributed by atoms with Crippen LogP contribution in [0.5, 0.6) is 0 Å². The molecule has 0 spiro atoms. The number of hydrogen-bond donors (Lipinski definition) is 2. The molecule has 1 aliphatic heterocycles. The highest BCUT2D eigenvalue weighted by atomic mass is 32.2. The van der Waals surface area contributed by atoms with Gasteiger partial charge < -0.3 is 5.32 Å². The lowest BCUT2D eigenvalue weighted by atomic mass is 10.4. The molecule has 0 aromatic carbocycles. The summed E-state index contributed by atoms with van der Waals surface area (Å²) in [5, 5.41) is 3.22. The number of rotatable bonds is 8. The summed E-state index contributed by atoms with van der Waals surface area (Å²) in [5.41, 5.74) is 0. The fourth-order valence-corrected chi connectivity index (χ4v) is 3.52. The topological polar surface area (TPSA) is 78.5 Å². The van der Waals surface area contributed by atoms with Crippen LogP contribution in [0.2, 0.25) is 0 Å². The third-order valence-electron chi connectivity index (χ3n) is 2.86. The maximum absolute atomic E-state index is 11.7. The summed E-state index contributed by atoms with van der Waals surface area (Å²) in [6.07, 6.45) is 0. The number of nitrogens with one attached hydrogen (secondary N) is 2. The highest BCUT2D eigenvalue weighted by molar-refractivity contribution is 7.89. The minimum absolute atomic E-state index is 0.117. The van der Waals surface area contributed by atoms with Crippen molar-refractivity contribution in [3.8, 4) is 0 Å². The Morgan fingerprint density at radius 1 is 1.33 bits per heavy atom. The van der Waals surface area contributed by atoms with Gasteiger partial charge in [-0.05, 0) is 0 Å². The fourth-order valence-electron chi connectivity index (χ4n) is 1.71. The molecule has 0 aromatic heterocycles. The summed E-state index contributed by atoms with van der Waals surface area (Å²) in [6, 6.07) is 0. The van der Waals surface area contributed by atoms with Gasteiger partial charge in [0.15, 0.2) is 0 Å². The summed E-state index contributed by atoms with van der Waals surface area (Å²) < 4.78 is 37.0. The van der Waals surface area contributed by atoms with Crippen LogP contribution >= 0.6 is 0 Å². The molecule has 8 heteroatoms. The summed E-state index contributed by atoms with van der Waals surface area (Å²) >= 11 is 0. The standard InChI is InChI=1S/C10H23N3O3S2/c1-2-17(14)9-5-12-18(15,16)10-8-13-6-3-11-4-7-13/h11-12H,2-10H2,1H3. The van der Waals surface area contributed by atoms with Crippen molar-refractivity contribution in [2.75, 3.05) is 56.5 Å². The van der Waals surface area contributed by atoms with Gasteiger partial charge in [0.25, 0.3) is 0 Å². The Morgan fingerprint density at radius 2 is 2.00 bits per heavy atom. The van der Waals surface area contributed by atoms with Crippen molar-refractivity contribution in [2.24, 2.45) is 0 Å². The molecule has 6 nitrogen and oxygen atoms in total. The van der Waals surface area contributed by atoms with Gasteiger partial charge in [-0.15, -0.1) is 0 Å². The Morgan fingerprint density at radius 3 is 2.61 bits per heavy atom. The number of sulfonamides is 1. The zero-order chi connectivity index (χ0) is 13.4. The second-order valence-corrected chi connectivity index (χ2v) is 8.03. The maximum atomic E-state index is 11.7. The number of hydrogen-bond acceptors (Lipinski definition) is 5. The molecule has 1 heterocycles. The van der Waals surface area contributed by atoms with E-state index in [0.29, 0.717) is 18.1 Å². The van der Waals surface area contributed by atoms with E-state index in [0.717, 1.165) is 26.2 Å². The monoisotopic (exact) mass is 297 g/mol. The molecule has 1 atom stereocenters. The smallest absolute Gasteiger partial charge is 0.212 e. The zero-order valence-electron chi connectivity index (χ0n) is 10.9. The van der Waals surface area contributed by atoms with Gasteiger partial charge in [-0.25, -0.2) is 13.1 Å². The lowest BCUT2D eigenvalue weighted by Crippen LogP contribution is -2.46. The van der Waals surface area contributed by atoms with Gasteiger partial charge in [-0.3, -0.25) is 9.11 Å². The Hall–Kier alpha value is -0.0200. The van der Waals surface area contributed by atoms with Crippen molar-refractivity contribution in [3.63, 3.8) is 0 Å². The molecule has 0 bridgehead atoms. The molecule has 0 aromatic rings. The van der Waals surface area contributed by atoms with Crippen LogP contribution in [0.25, 0.3) is 0 Å². The lowest BCUT2D eigenvalue weighted by Gasteiger charge is -2.26. The molecule has 2 N–H and O–H groups in total. The van der Waals surface area contributed by atoms with Crippen LogP contribution in [0, 0.1) is 0 Å². The Labute approximate surface area is 112 Å². The van der Waals surface area contributed by atoms with Crippen molar-refractivity contribution >= 4 is 20.8 Å². The molecule has 0 amide bonds. The van der Waals surface area contributed by atoms with Crippen LogP contribution in [0.3, 0.4) is 0 Å². The predicted molar refractivity (Wildman–Crippen MR) is 74.6 cm³/mol. The molecule has 1 saturated heterocycles. The van der Waals surface area contributed by atoms with Gasteiger partial charge in [-0.2, -0.15) is 0 Å². The van der Waals surface area contributed by atoms with Crippen molar-refractivity contribution in [2.45, 2.75) is 6.92 Å². The van der Waals surface area contributed by atoms with E-state index in [1.54, 1.807) is 0 Å². The van der Waals surface area contributed by atoms with E-state index >= 15 is 0 Å². The first-order chi connectivity index (χ1) is 8.53. The van der Waals surface area contributed by atoms with Crippen molar-refractivity contribution < 1.29 is 12.6 Å². The quantitative estimate of drug-likeness (QED) is 0.575. The molecule has 1 aliphatic rings. The molecule has 0 radical (unpaired) electrons. The molecular formula is C10H23N3O3S2. The maximum Gasteiger partial charge on any atom is 0.212 e. The summed E-state index contributed by atoms with van der Waals surface area (Å²) in [4.78, 5) is 2.14. The third-order valence-corrected chi connectivity index (χ3v) is 5.53. The normalized spacial score (nSPS) is 19.8. The van der Waals surface area contributed by atoms with E-state index in [1.165, 1.54) is 0 Å². The summed E-state index contributed by atoms with van der Waals surface area (Å²) in [7, 11) is -4.15. The minimum Gasteiger partial charge on any atom is -0.314 e. The van der Waals surface area contributed by atoms with Gasteiger partial charge in [0.05, 0.1) is 5.75 Å². The zero-order valence-corrected chi connectivity index (χ0v) is 12.5. The molecular weight excluding hydrogens is 274 g/mol. The van der Waals surface area contributed by atoms with E-state index < -0.39 is 20.8 Å². The highest BCUT2D eigenvalue weighted by Gasteiger charge is 2.15. The van der Waals surface area contributed by atoms with E-state index in [9.17, 15) is 12.6 Å². The van der Waals surface area contributed by atoms with Gasteiger partial charge >= 0.3 is 0 Å². The molecule has 0 aliphatic carbocycles. The number of piperazine rings is 1. The molecule has 1 fully saturated rings. The fraction of sp³-hybridized carbons (Fsp3) is 1.00. The predicted octanol–water partition coefficient (Wildman–Crippen LogP) is -1.42. The van der Waals surface area contributed by atoms with Crippen molar-refractivity contribution in [1.29, 1.82) is 0 Å². The van der Waals surface area contributed by atoms with Crippen LogP contribution in [-0.4, -0.2) is 74.1 Å². The highest BCUT2D eigenvalue weighted by Crippen LogP contribution is 1.94. The van der Waals surface area contributed by atoms with Crippen molar-refractivity contribution in [1.82, 2.24) is 14.9 Å². The SMILES string of the molecule is CCS(=O)CCNS(=O)(=O)CCN1CCNCC1. The van der Waals surface area contributed by atoms with Gasteiger partial charge in [-0.1, -0.05) is 6.92 Å². The minimum atomic E-state index is -3.23. The molecule has 0 saturated carbocycles. The second kappa shape index (κ2) is 8.21. The first kappa shape index (κ1) is 16.0. The largest absolute Gasteiger partial charge is 0.314 e. The van der Waals surface area contributed by atoms with Crippen LogP contribution in [0.15, 0.2) is 0 Å². The van der Waals surface area contributed by atoms with Crippen LogP contribution in [0.4, 0.5) is 0 Å². The van der Waals surface area contributed by atoms with Crippen LogP contribution < -0.4 is 10.0 Å². The number of nitrogens with zero attached hydrogens (tertiary/aromatic N) is 1. The van der Waals surface area contributed by atoms with E-state index in [2.05, 4.69) is 14.9 Å². The van der Waals surface area contributed by atoms with Crippen LogP contribution in [-0.2, 0) is 20.8 Å². The average molecular weight is 297 g/mol. The molecule has 18 heavy (non-hydrogen) atoms. The van der Waals surface area contributed by atoms with Crippen molar-refractivity contribution in [3.05, 3.63) is 0 Å². The molecule has 108 valence electrons. The summed E-state index contributed by atoms with van der Waals surface area (Å²) in [5.74, 6) is 1.08. The van der Waals surface area contributed by atoms with Gasteiger partial charge in [0, 0.05) is 61.6 Å². The van der Waals surface area contributed by atoms with E-state index in [4.69, 9.17) is 0 Å². The second-order valence-electron chi connectivity index (χ2n) is 4.24. The first-order valence-corrected chi connectivity index (χ1v) is 9.43. The Bertz CT molecular complexity index is 353. The van der Waals surface area contributed by atoms with Gasteiger partial charge in [0.2, 0.25) is 10.0 Å². The van der Waals surface area contributed by atoms with E-state index in [-0.39, 0.29) is 12.3 Å². The van der Waals surface area contributed by atoms with E-state index in [1.807, 2.05) is 6.92 Å². The van der Waals surface area contributed by atoms with Gasteiger partial charge in [0.1, 0.15) is 0 Å².